The molecule has 138 valence electrons. The van der Waals surface area contributed by atoms with E-state index >= 15 is 0 Å². The molecule has 1 aliphatic heterocycles. The Kier molecular flexibility index (Phi) is 4.27. The van der Waals surface area contributed by atoms with Crippen molar-refractivity contribution in [3.63, 3.8) is 0 Å². The van der Waals surface area contributed by atoms with Crippen molar-refractivity contribution in [2.45, 2.75) is 6.42 Å². The van der Waals surface area contributed by atoms with Crippen LogP contribution in [0.2, 0.25) is 0 Å². The third-order valence-electron chi connectivity index (χ3n) is 5.18. The predicted molar refractivity (Wildman–Crippen MR) is 112 cm³/mol. The average molecular weight is 386 g/mol. The fourth-order valence-corrected chi connectivity index (χ4v) is 5.28. The van der Waals surface area contributed by atoms with E-state index in [0.717, 1.165) is 23.1 Å². The van der Waals surface area contributed by atoms with Gasteiger partial charge in [0.1, 0.15) is 5.76 Å². The summed E-state index contributed by atoms with van der Waals surface area (Å²) in [7, 11) is -3.48. The van der Waals surface area contributed by atoms with E-state index in [-0.39, 0.29) is 6.61 Å². The van der Waals surface area contributed by atoms with Gasteiger partial charge in [0.05, 0.1) is 11.9 Å². The molecule has 0 aromatic heterocycles. The molecule has 1 heterocycles. The minimum atomic E-state index is -3.48. The molecule has 1 atom stereocenters. The highest BCUT2D eigenvalue weighted by atomic mass is 31.2. The van der Waals surface area contributed by atoms with Gasteiger partial charge < -0.3 is 4.52 Å². The van der Waals surface area contributed by atoms with Crippen molar-refractivity contribution in [3.8, 4) is 0 Å². The number of hydrogen-bond donors (Lipinski definition) is 0. The lowest BCUT2D eigenvalue weighted by molar-refractivity contribution is 0.295. The van der Waals surface area contributed by atoms with E-state index in [1.165, 1.54) is 11.1 Å². The van der Waals surface area contributed by atoms with E-state index in [1.807, 2.05) is 66.7 Å². The lowest BCUT2D eigenvalue weighted by Crippen LogP contribution is -2.13. The first-order valence-corrected chi connectivity index (χ1v) is 10.8. The second kappa shape index (κ2) is 6.94. The van der Waals surface area contributed by atoms with E-state index in [9.17, 15) is 4.57 Å². The standard InChI is InChI=1S/C24H19O3P/c25-28(20-14-8-3-9-15-20)26-17-23-21(18-10-4-1-5-11-18)16-22(23)24(27-28)19-12-6-2-7-13-19/h1-15H,16-17H2/t28-/m1/s1. The summed E-state index contributed by atoms with van der Waals surface area (Å²) in [5.74, 6) is 0.667. The van der Waals surface area contributed by atoms with Crippen molar-refractivity contribution in [1.82, 2.24) is 0 Å². The van der Waals surface area contributed by atoms with Crippen molar-refractivity contribution in [2.24, 2.45) is 0 Å². The number of rotatable bonds is 3. The maximum absolute atomic E-state index is 13.7. The van der Waals surface area contributed by atoms with Gasteiger partial charge in [0.2, 0.25) is 0 Å². The third kappa shape index (κ3) is 2.93. The van der Waals surface area contributed by atoms with Gasteiger partial charge >= 0.3 is 7.60 Å². The summed E-state index contributed by atoms with van der Waals surface area (Å²) in [5, 5.41) is 0.576. The minimum absolute atomic E-state index is 0.280. The third-order valence-corrected chi connectivity index (χ3v) is 7.00. The van der Waals surface area contributed by atoms with E-state index in [2.05, 4.69) is 12.1 Å². The molecule has 4 heteroatoms. The van der Waals surface area contributed by atoms with Crippen LogP contribution in [-0.2, 0) is 13.6 Å². The summed E-state index contributed by atoms with van der Waals surface area (Å²) >= 11 is 0. The second-order valence-electron chi connectivity index (χ2n) is 6.87. The molecule has 0 fully saturated rings. The fraction of sp³-hybridized carbons (Fsp3) is 0.0833. The molecule has 3 nitrogen and oxygen atoms in total. The fourth-order valence-electron chi connectivity index (χ4n) is 3.68. The molecular weight excluding hydrogens is 367 g/mol. The van der Waals surface area contributed by atoms with Gasteiger partial charge in [-0.15, -0.1) is 0 Å². The molecule has 0 bridgehead atoms. The van der Waals surface area contributed by atoms with Crippen LogP contribution in [0.1, 0.15) is 17.5 Å². The summed E-state index contributed by atoms with van der Waals surface area (Å²) < 4.78 is 25.8. The van der Waals surface area contributed by atoms with Crippen LogP contribution in [0.4, 0.5) is 0 Å². The van der Waals surface area contributed by atoms with Crippen LogP contribution in [0.25, 0.3) is 11.3 Å². The van der Waals surface area contributed by atoms with E-state index in [1.54, 1.807) is 12.1 Å². The van der Waals surface area contributed by atoms with Gasteiger partial charge in [0.25, 0.3) is 0 Å². The van der Waals surface area contributed by atoms with Crippen molar-refractivity contribution < 1.29 is 13.6 Å². The Labute approximate surface area is 164 Å². The molecule has 28 heavy (non-hydrogen) atoms. The molecule has 3 aromatic carbocycles. The van der Waals surface area contributed by atoms with E-state index in [0.29, 0.717) is 11.1 Å². The zero-order chi connectivity index (χ0) is 19.0. The van der Waals surface area contributed by atoms with Gasteiger partial charge in [-0.3, -0.25) is 4.52 Å². The topological polar surface area (TPSA) is 35.5 Å². The maximum atomic E-state index is 13.7. The Morgan fingerprint density at radius 3 is 1.86 bits per heavy atom. The van der Waals surface area contributed by atoms with Crippen LogP contribution in [0, 0.1) is 0 Å². The van der Waals surface area contributed by atoms with Gasteiger partial charge in [0.15, 0.2) is 0 Å². The van der Waals surface area contributed by atoms with Crippen LogP contribution in [0.15, 0.2) is 102 Å². The highest BCUT2D eigenvalue weighted by Crippen LogP contribution is 2.58. The predicted octanol–water partition coefficient (Wildman–Crippen LogP) is 5.82. The van der Waals surface area contributed by atoms with Crippen LogP contribution in [0.5, 0.6) is 0 Å². The summed E-state index contributed by atoms with van der Waals surface area (Å²) in [6.45, 7) is 0.280. The summed E-state index contributed by atoms with van der Waals surface area (Å²) in [5.41, 5.74) is 5.49. The van der Waals surface area contributed by atoms with Crippen molar-refractivity contribution in [2.75, 3.05) is 6.61 Å². The summed E-state index contributed by atoms with van der Waals surface area (Å²) in [6, 6.07) is 29.3. The molecule has 0 amide bonds. The van der Waals surface area contributed by atoms with Gasteiger partial charge in [-0.25, -0.2) is 4.57 Å². The molecule has 0 radical (unpaired) electrons. The van der Waals surface area contributed by atoms with Crippen LogP contribution >= 0.6 is 7.60 Å². The number of fused-ring (bicyclic) bond motifs is 1. The second-order valence-corrected chi connectivity index (χ2v) is 8.82. The Morgan fingerprint density at radius 2 is 1.21 bits per heavy atom. The number of hydrogen-bond acceptors (Lipinski definition) is 3. The molecular formula is C24H19O3P. The van der Waals surface area contributed by atoms with Gasteiger partial charge in [-0.05, 0) is 28.8 Å². The summed E-state index contributed by atoms with van der Waals surface area (Å²) in [6.07, 6.45) is 0.779. The number of benzene rings is 3. The zero-order valence-electron chi connectivity index (χ0n) is 15.2. The Balaban J connectivity index is 1.65. The normalized spacial score (nSPS) is 21.4. The molecule has 1 aliphatic carbocycles. The smallest absolute Gasteiger partial charge is 0.411 e. The van der Waals surface area contributed by atoms with Gasteiger partial charge in [0, 0.05) is 17.6 Å². The van der Waals surface area contributed by atoms with Crippen molar-refractivity contribution in [3.05, 3.63) is 113 Å². The lowest BCUT2D eigenvalue weighted by Gasteiger charge is -2.27. The van der Waals surface area contributed by atoms with Crippen LogP contribution in [0.3, 0.4) is 0 Å². The molecule has 2 aliphatic rings. The number of allylic oxidation sites excluding steroid dienone is 1. The van der Waals surface area contributed by atoms with Crippen LogP contribution in [-0.4, -0.2) is 6.61 Å². The molecule has 3 aromatic rings. The quantitative estimate of drug-likeness (QED) is 0.532. The highest BCUT2D eigenvalue weighted by Gasteiger charge is 2.39. The first-order chi connectivity index (χ1) is 13.7. The molecule has 0 saturated carbocycles. The Hall–Kier alpha value is -2.87. The highest BCUT2D eigenvalue weighted by molar-refractivity contribution is 7.62. The minimum Gasteiger partial charge on any atom is -0.420 e. The Morgan fingerprint density at radius 1 is 0.643 bits per heavy atom. The van der Waals surface area contributed by atoms with Crippen LogP contribution < -0.4 is 5.30 Å². The molecule has 0 saturated heterocycles. The van der Waals surface area contributed by atoms with E-state index < -0.39 is 7.60 Å². The summed E-state index contributed by atoms with van der Waals surface area (Å²) in [4.78, 5) is 0. The molecule has 0 unspecified atom stereocenters. The zero-order valence-corrected chi connectivity index (χ0v) is 16.1. The molecule has 5 rings (SSSR count). The molecule has 0 N–H and O–H groups in total. The van der Waals surface area contributed by atoms with E-state index in [4.69, 9.17) is 9.05 Å². The van der Waals surface area contributed by atoms with Gasteiger partial charge in [-0.2, -0.15) is 0 Å². The SMILES string of the molecule is O=[P@]1(c2ccccc2)OCC2=C(c3ccccc3)CC2=C(c2ccccc2)O1. The lowest BCUT2D eigenvalue weighted by atomic mass is 9.78. The Bertz CT molecular complexity index is 1120. The first kappa shape index (κ1) is 17.2. The average Bonchev–Trinajstić information content (AvgIpc) is 2.85. The van der Waals surface area contributed by atoms with Gasteiger partial charge in [-0.1, -0.05) is 78.9 Å². The molecule has 0 spiro atoms. The monoisotopic (exact) mass is 386 g/mol. The first-order valence-electron chi connectivity index (χ1n) is 9.31. The maximum Gasteiger partial charge on any atom is 0.411 e. The van der Waals surface area contributed by atoms with Crippen molar-refractivity contribution in [1.29, 1.82) is 0 Å². The largest absolute Gasteiger partial charge is 0.420 e. The van der Waals surface area contributed by atoms with Crippen molar-refractivity contribution >= 4 is 24.2 Å².